The number of benzene rings is 2. The Kier molecular flexibility index (Phi) is 7.09. The standard InChI is InChI=1S/C24H24N4O4S/c1-30-18-6-4-5-17(13-18)15-33-24-27-22-21(25-10-11-26-22)23(29)28(24)12-9-16-7-8-19(31-2)20(14-16)32-3/h4-8,10-11,13-14H,9,12,15H2,1-3H3. The van der Waals surface area contributed by atoms with Crippen LogP contribution in [-0.4, -0.2) is 40.8 Å². The van der Waals surface area contributed by atoms with Crippen LogP contribution in [0.1, 0.15) is 11.1 Å². The van der Waals surface area contributed by atoms with Gasteiger partial charge >= 0.3 is 0 Å². The van der Waals surface area contributed by atoms with Crippen LogP contribution in [0.3, 0.4) is 0 Å². The summed E-state index contributed by atoms with van der Waals surface area (Å²) in [5.74, 6) is 2.73. The first-order valence-corrected chi connectivity index (χ1v) is 11.3. The average Bonchev–Trinajstić information content (AvgIpc) is 2.87. The molecule has 4 aromatic rings. The Balaban J connectivity index is 1.64. The molecule has 0 amide bonds. The molecule has 9 heteroatoms. The van der Waals surface area contributed by atoms with E-state index in [1.807, 2.05) is 42.5 Å². The maximum Gasteiger partial charge on any atom is 0.282 e. The smallest absolute Gasteiger partial charge is 0.282 e. The third-order valence-corrected chi connectivity index (χ3v) is 6.18. The van der Waals surface area contributed by atoms with Crippen LogP contribution in [0, 0.1) is 0 Å². The van der Waals surface area contributed by atoms with Crippen molar-refractivity contribution in [2.24, 2.45) is 0 Å². The predicted molar refractivity (Wildman–Crippen MR) is 127 cm³/mol. The highest BCUT2D eigenvalue weighted by Gasteiger charge is 2.14. The summed E-state index contributed by atoms with van der Waals surface area (Å²) in [5, 5.41) is 0.594. The average molecular weight is 465 g/mol. The van der Waals surface area contributed by atoms with E-state index in [0.29, 0.717) is 41.0 Å². The van der Waals surface area contributed by atoms with E-state index in [2.05, 4.69) is 15.0 Å². The summed E-state index contributed by atoms with van der Waals surface area (Å²) in [6, 6.07) is 13.6. The molecule has 0 saturated heterocycles. The van der Waals surface area contributed by atoms with Crippen molar-refractivity contribution in [3.8, 4) is 17.2 Å². The lowest BCUT2D eigenvalue weighted by Gasteiger charge is -2.14. The van der Waals surface area contributed by atoms with Gasteiger partial charge in [0.1, 0.15) is 5.75 Å². The molecule has 2 heterocycles. The van der Waals surface area contributed by atoms with Crippen molar-refractivity contribution in [3.05, 3.63) is 76.3 Å². The second kappa shape index (κ2) is 10.4. The third-order valence-electron chi connectivity index (χ3n) is 5.13. The van der Waals surface area contributed by atoms with Crippen molar-refractivity contribution < 1.29 is 14.2 Å². The molecule has 0 saturated carbocycles. The van der Waals surface area contributed by atoms with E-state index in [9.17, 15) is 4.79 Å². The number of aryl methyl sites for hydroxylation is 1. The van der Waals surface area contributed by atoms with Gasteiger partial charge in [0, 0.05) is 24.7 Å². The number of hydrogen-bond donors (Lipinski definition) is 0. The van der Waals surface area contributed by atoms with Gasteiger partial charge in [-0.1, -0.05) is 30.0 Å². The number of hydrogen-bond acceptors (Lipinski definition) is 8. The van der Waals surface area contributed by atoms with E-state index < -0.39 is 0 Å². The number of rotatable bonds is 9. The van der Waals surface area contributed by atoms with Crippen LogP contribution in [0.2, 0.25) is 0 Å². The second-order valence-corrected chi connectivity index (χ2v) is 8.10. The molecule has 33 heavy (non-hydrogen) atoms. The summed E-state index contributed by atoms with van der Waals surface area (Å²) in [7, 11) is 4.84. The molecule has 0 aliphatic heterocycles. The highest BCUT2D eigenvalue weighted by Crippen LogP contribution is 2.28. The molecule has 4 rings (SSSR count). The highest BCUT2D eigenvalue weighted by atomic mass is 32.2. The van der Waals surface area contributed by atoms with Gasteiger partial charge in [-0.05, 0) is 41.8 Å². The molecule has 0 aliphatic rings. The van der Waals surface area contributed by atoms with Gasteiger partial charge in [-0.2, -0.15) is 0 Å². The van der Waals surface area contributed by atoms with Crippen LogP contribution in [0.5, 0.6) is 17.2 Å². The molecule has 0 aliphatic carbocycles. The Hall–Kier alpha value is -3.59. The fourth-order valence-electron chi connectivity index (χ4n) is 3.42. The van der Waals surface area contributed by atoms with Crippen LogP contribution in [-0.2, 0) is 18.7 Å². The van der Waals surface area contributed by atoms with E-state index in [0.717, 1.165) is 16.9 Å². The Morgan fingerprint density at radius 1 is 0.909 bits per heavy atom. The van der Waals surface area contributed by atoms with E-state index >= 15 is 0 Å². The summed E-state index contributed by atoms with van der Waals surface area (Å²) < 4.78 is 17.7. The summed E-state index contributed by atoms with van der Waals surface area (Å²) in [5.41, 5.74) is 2.48. The fraction of sp³-hybridized carbons (Fsp3) is 0.250. The van der Waals surface area contributed by atoms with Crippen LogP contribution < -0.4 is 19.8 Å². The Morgan fingerprint density at radius 3 is 2.52 bits per heavy atom. The molecule has 170 valence electrons. The molecule has 8 nitrogen and oxygen atoms in total. The maximum absolute atomic E-state index is 13.2. The van der Waals surface area contributed by atoms with Crippen LogP contribution in [0.4, 0.5) is 0 Å². The third kappa shape index (κ3) is 5.09. The largest absolute Gasteiger partial charge is 0.497 e. The van der Waals surface area contributed by atoms with Gasteiger partial charge < -0.3 is 14.2 Å². The van der Waals surface area contributed by atoms with E-state index in [1.165, 1.54) is 18.0 Å². The zero-order valence-electron chi connectivity index (χ0n) is 18.6. The van der Waals surface area contributed by atoms with Crippen molar-refractivity contribution in [1.82, 2.24) is 19.5 Å². The van der Waals surface area contributed by atoms with E-state index in [4.69, 9.17) is 14.2 Å². The molecular weight excluding hydrogens is 440 g/mol. The number of ether oxygens (including phenoxy) is 3. The van der Waals surface area contributed by atoms with Crippen LogP contribution in [0.25, 0.3) is 11.2 Å². The summed E-state index contributed by atoms with van der Waals surface area (Å²) in [6.45, 7) is 0.439. The second-order valence-electron chi connectivity index (χ2n) is 7.16. The lowest BCUT2D eigenvalue weighted by atomic mass is 10.1. The van der Waals surface area contributed by atoms with E-state index in [1.54, 1.807) is 32.1 Å². The van der Waals surface area contributed by atoms with Gasteiger partial charge in [0.25, 0.3) is 5.56 Å². The van der Waals surface area contributed by atoms with Crippen molar-refractivity contribution in [2.45, 2.75) is 23.9 Å². The topological polar surface area (TPSA) is 88.4 Å². The minimum absolute atomic E-state index is 0.207. The fourth-order valence-corrected chi connectivity index (χ4v) is 4.38. The summed E-state index contributed by atoms with van der Waals surface area (Å²) in [6.07, 6.45) is 3.66. The van der Waals surface area contributed by atoms with E-state index in [-0.39, 0.29) is 11.1 Å². The van der Waals surface area contributed by atoms with Crippen molar-refractivity contribution in [1.29, 1.82) is 0 Å². The number of thioether (sulfide) groups is 1. The zero-order valence-corrected chi connectivity index (χ0v) is 19.5. The highest BCUT2D eigenvalue weighted by molar-refractivity contribution is 7.98. The molecule has 2 aromatic heterocycles. The number of nitrogens with zero attached hydrogens (tertiary/aromatic N) is 4. The zero-order chi connectivity index (χ0) is 23.2. The number of fused-ring (bicyclic) bond motifs is 1. The van der Waals surface area contributed by atoms with Gasteiger partial charge in [0.2, 0.25) is 0 Å². The normalized spacial score (nSPS) is 10.9. The lowest BCUT2D eigenvalue weighted by molar-refractivity contribution is 0.354. The minimum atomic E-state index is -0.207. The molecular formula is C24H24N4O4S. The first kappa shape index (κ1) is 22.6. The number of aromatic nitrogens is 4. The Morgan fingerprint density at radius 2 is 1.73 bits per heavy atom. The van der Waals surface area contributed by atoms with Crippen LogP contribution >= 0.6 is 11.8 Å². The predicted octanol–water partition coefficient (Wildman–Crippen LogP) is 3.75. The monoisotopic (exact) mass is 464 g/mol. The van der Waals surface area contributed by atoms with Crippen molar-refractivity contribution in [3.63, 3.8) is 0 Å². The number of methoxy groups -OCH3 is 3. The molecule has 0 atom stereocenters. The maximum atomic E-state index is 13.2. The van der Waals surface area contributed by atoms with Crippen molar-refractivity contribution in [2.75, 3.05) is 21.3 Å². The molecule has 0 fully saturated rings. The van der Waals surface area contributed by atoms with Gasteiger partial charge in [-0.3, -0.25) is 9.36 Å². The summed E-state index contributed by atoms with van der Waals surface area (Å²) >= 11 is 1.48. The molecule has 0 unspecified atom stereocenters. The molecule has 0 N–H and O–H groups in total. The van der Waals surface area contributed by atoms with Gasteiger partial charge in [0.05, 0.1) is 21.3 Å². The molecule has 0 radical (unpaired) electrons. The minimum Gasteiger partial charge on any atom is -0.497 e. The van der Waals surface area contributed by atoms with Gasteiger partial charge in [0.15, 0.2) is 27.8 Å². The molecule has 2 aromatic carbocycles. The SMILES string of the molecule is COc1cccc(CSc2nc3nccnc3c(=O)n2CCc2ccc(OC)c(OC)c2)c1. The quantitative estimate of drug-likeness (QED) is 0.273. The first-order chi connectivity index (χ1) is 16.1. The Labute approximate surface area is 195 Å². The first-order valence-electron chi connectivity index (χ1n) is 10.3. The molecule has 0 bridgehead atoms. The summed E-state index contributed by atoms with van der Waals surface area (Å²) in [4.78, 5) is 26.3. The van der Waals surface area contributed by atoms with Gasteiger partial charge in [-0.15, -0.1) is 0 Å². The Bertz CT molecular complexity index is 1330. The molecule has 0 spiro atoms. The van der Waals surface area contributed by atoms with Crippen LogP contribution in [0.15, 0.2) is 64.8 Å². The van der Waals surface area contributed by atoms with Crippen molar-refractivity contribution >= 4 is 22.9 Å². The lowest BCUT2D eigenvalue weighted by Crippen LogP contribution is -2.25. The van der Waals surface area contributed by atoms with Gasteiger partial charge in [-0.25, -0.2) is 15.0 Å².